The van der Waals surface area contributed by atoms with Crippen LogP contribution in [0, 0.1) is 6.92 Å². The molecule has 0 radical (unpaired) electrons. The Bertz CT molecular complexity index is 1400. The minimum Gasteiger partial charge on any atom is -0.489 e. The first-order valence-electron chi connectivity index (χ1n) is 11.9. The molecule has 3 aromatic rings. The van der Waals surface area contributed by atoms with Crippen molar-refractivity contribution < 1.29 is 17.9 Å². The van der Waals surface area contributed by atoms with Crippen LogP contribution in [0.3, 0.4) is 0 Å². The normalized spacial score (nSPS) is 18.6. The number of nitrogens with zero attached hydrogens (tertiary/aromatic N) is 3. The molecule has 0 saturated carbocycles. The Labute approximate surface area is 205 Å². The maximum atomic E-state index is 13.5. The maximum Gasteiger partial charge on any atom is 0.245 e. The van der Waals surface area contributed by atoms with Gasteiger partial charge in [-0.15, -0.1) is 0 Å². The van der Waals surface area contributed by atoms with Crippen LogP contribution in [0.1, 0.15) is 39.2 Å². The van der Waals surface area contributed by atoms with Crippen LogP contribution in [0.2, 0.25) is 0 Å². The highest BCUT2D eigenvalue weighted by molar-refractivity contribution is 7.89. The highest BCUT2D eigenvalue weighted by Crippen LogP contribution is 2.39. The smallest absolute Gasteiger partial charge is 0.245 e. The van der Waals surface area contributed by atoms with Crippen LogP contribution in [-0.2, 0) is 14.8 Å². The number of fused-ring (bicyclic) bond motifs is 2. The van der Waals surface area contributed by atoms with Crippen LogP contribution in [0.25, 0.3) is 10.9 Å². The summed E-state index contributed by atoms with van der Waals surface area (Å²) in [4.78, 5) is 15.6. The fraction of sp³-hybridized carbons (Fsp3) is 0.440. The summed E-state index contributed by atoms with van der Waals surface area (Å²) >= 11 is 0. The summed E-state index contributed by atoms with van der Waals surface area (Å²) in [6, 6.07) is 8.34. The first-order chi connectivity index (χ1) is 16.6. The summed E-state index contributed by atoms with van der Waals surface area (Å²) in [7, 11) is -3.88. The van der Waals surface area contributed by atoms with Crippen molar-refractivity contribution in [3.05, 3.63) is 42.1 Å². The van der Waals surface area contributed by atoms with Crippen LogP contribution in [0.15, 0.2) is 41.4 Å². The van der Waals surface area contributed by atoms with Gasteiger partial charge < -0.3 is 15.0 Å². The van der Waals surface area contributed by atoms with Gasteiger partial charge in [-0.1, -0.05) is 6.92 Å². The van der Waals surface area contributed by atoms with Crippen LogP contribution in [-0.4, -0.2) is 60.1 Å². The molecule has 1 amide bonds. The van der Waals surface area contributed by atoms with Crippen molar-refractivity contribution in [3.8, 4) is 5.75 Å². The summed E-state index contributed by atoms with van der Waals surface area (Å²) in [6.45, 7) is 10.1. The second-order valence-corrected chi connectivity index (χ2v) is 11.7. The molecule has 9 nitrogen and oxygen atoms in total. The van der Waals surface area contributed by atoms with Crippen molar-refractivity contribution in [2.45, 2.75) is 57.0 Å². The molecule has 1 fully saturated rings. The number of aromatic nitrogens is 2. The predicted molar refractivity (Wildman–Crippen MR) is 135 cm³/mol. The van der Waals surface area contributed by atoms with Gasteiger partial charge >= 0.3 is 0 Å². The molecular weight excluding hydrogens is 466 g/mol. The number of anilines is 2. The van der Waals surface area contributed by atoms with Gasteiger partial charge in [-0.25, -0.2) is 8.42 Å². The highest BCUT2D eigenvalue weighted by Gasteiger charge is 2.43. The largest absolute Gasteiger partial charge is 0.489 e. The average molecular weight is 498 g/mol. The number of amides is 1. The van der Waals surface area contributed by atoms with E-state index in [1.165, 1.54) is 4.31 Å². The number of ether oxygens (including phenoxy) is 1. The SMILES string of the molecule is CCC(C)(C)N1CCOc2cc(NC(=O)[C@@H]3CCN3S(=O)(=O)c3cc(C)cc4cn[nH]c34)ccc21. The molecule has 0 aliphatic carbocycles. The topological polar surface area (TPSA) is 108 Å². The third-order valence-corrected chi connectivity index (χ3v) is 9.14. The molecule has 0 bridgehead atoms. The number of benzene rings is 2. The number of rotatable bonds is 6. The van der Waals surface area contributed by atoms with Gasteiger partial charge in [-0.3, -0.25) is 9.89 Å². The second-order valence-electron chi connectivity index (χ2n) is 9.86. The lowest BCUT2D eigenvalue weighted by Gasteiger charge is -2.43. The fourth-order valence-corrected chi connectivity index (χ4v) is 6.64. The number of aryl methyl sites for hydroxylation is 1. The first-order valence-corrected chi connectivity index (χ1v) is 13.4. The van der Waals surface area contributed by atoms with E-state index in [0.29, 0.717) is 30.8 Å². The zero-order chi connectivity index (χ0) is 25.0. The lowest BCUT2D eigenvalue weighted by Crippen LogP contribution is -2.56. The molecule has 0 unspecified atom stereocenters. The number of hydrogen-bond donors (Lipinski definition) is 2. The molecule has 0 spiro atoms. The molecule has 2 N–H and O–H groups in total. The molecule has 2 aromatic carbocycles. The zero-order valence-corrected chi connectivity index (χ0v) is 21.3. The average Bonchev–Trinajstić information content (AvgIpc) is 3.25. The van der Waals surface area contributed by atoms with E-state index in [0.717, 1.165) is 35.4 Å². The van der Waals surface area contributed by atoms with E-state index >= 15 is 0 Å². The van der Waals surface area contributed by atoms with Gasteiger partial charge in [0.05, 0.1) is 23.9 Å². The van der Waals surface area contributed by atoms with Crippen LogP contribution in [0.4, 0.5) is 11.4 Å². The molecule has 1 saturated heterocycles. The lowest BCUT2D eigenvalue weighted by molar-refractivity contribution is -0.122. The van der Waals surface area contributed by atoms with E-state index in [9.17, 15) is 13.2 Å². The summed E-state index contributed by atoms with van der Waals surface area (Å²) < 4.78 is 34.1. The molecule has 35 heavy (non-hydrogen) atoms. The number of nitrogens with one attached hydrogen (secondary N) is 2. The van der Waals surface area contributed by atoms with E-state index in [1.807, 2.05) is 31.2 Å². The Morgan fingerprint density at radius 2 is 2.06 bits per heavy atom. The van der Waals surface area contributed by atoms with Crippen LogP contribution >= 0.6 is 0 Å². The van der Waals surface area contributed by atoms with E-state index < -0.39 is 16.1 Å². The van der Waals surface area contributed by atoms with Crippen molar-refractivity contribution in [1.82, 2.24) is 14.5 Å². The standard InChI is InChI=1S/C25H31N5O4S/c1-5-25(3,4)29-10-11-34-21-14-18(6-7-19(21)29)27-24(31)20-8-9-30(20)35(32,33)22-13-16(2)12-17-15-26-28-23(17)22/h6-7,12-15,20H,5,8-11H2,1-4H3,(H,26,28)(H,27,31)/t20-/m0/s1. The monoisotopic (exact) mass is 497 g/mol. The van der Waals surface area contributed by atoms with Crippen molar-refractivity contribution >= 4 is 38.2 Å². The van der Waals surface area contributed by atoms with Gasteiger partial charge in [0.2, 0.25) is 15.9 Å². The zero-order valence-electron chi connectivity index (χ0n) is 20.5. The summed E-state index contributed by atoms with van der Waals surface area (Å²) in [5.74, 6) is 0.366. The van der Waals surface area contributed by atoms with Crippen molar-refractivity contribution in [3.63, 3.8) is 0 Å². The van der Waals surface area contributed by atoms with Crippen molar-refractivity contribution in [2.75, 3.05) is 29.9 Å². The fourth-order valence-electron chi connectivity index (χ4n) is 4.75. The van der Waals surface area contributed by atoms with Gasteiger partial charge in [0, 0.05) is 29.2 Å². The number of H-pyrrole nitrogens is 1. The molecule has 1 aromatic heterocycles. The van der Waals surface area contributed by atoms with Crippen molar-refractivity contribution in [1.29, 1.82) is 0 Å². The van der Waals surface area contributed by atoms with Crippen LogP contribution < -0.4 is 15.0 Å². The molecule has 1 atom stereocenters. The predicted octanol–water partition coefficient (Wildman–Crippen LogP) is 3.66. The summed E-state index contributed by atoms with van der Waals surface area (Å²) in [5, 5.41) is 10.4. The van der Waals surface area contributed by atoms with Crippen molar-refractivity contribution in [2.24, 2.45) is 0 Å². The number of carbonyl (C=O) groups excluding carboxylic acids is 1. The Kier molecular flexibility index (Phi) is 5.76. The maximum absolute atomic E-state index is 13.5. The quantitative estimate of drug-likeness (QED) is 0.538. The van der Waals surface area contributed by atoms with E-state index in [1.54, 1.807) is 12.3 Å². The number of hydrogen-bond acceptors (Lipinski definition) is 6. The van der Waals surface area contributed by atoms with E-state index in [2.05, 4.69) is 41.2 Å². The molecule has 10 heteroatoms. The molecular formula is C25H31N5O4S. The van der Waals surface area contributed by atoms with Gasteiger partial charge in [0.25, 0.3) is 0 Å². The lowest BCUT2D eigenvalue weighted by atomic mass is 9.97. The highest BCUT2D eigenvalue weighted by atomic mass is 32.2. The Morgan fingerprint density at radius 1 is 1.26 bits per heavy atom. The third-order valence-electron chi connectivity index (χ3n) is 7.20. The van der Waals surface area contributed by atoms with E-state index in [-0.39, 0.29) is 16.3 Å². The molecule has 2 aliphatic heterocycles. The van der Waals surface area contributed by atoms with Crippen LogP contribution in [0.5, 0.6) is 5.75 Å². The first kappa shape index (κ1) is 23.6. The molecule has 2 aliphatic rings. The molecule has 186 valence electrons. The number of sulfonamides is 1. The molecule has 5 rings (SSSR count). The third kappa shape index (κ3) is 4.04. The molecule has 3 heterocycles. The Morgan fingerprint density at radius 3 is 2.77 bits per heavy atom. The number of carbonyl (C=O) groups is 1. The Balaban J connectivity index is 1.36. The summed E-state index contributed by atoms with van der Waals surface area (Å²) in [6.07, 6.45) is 3.05. The number of aromatic amines is 1. The van der Waals surface area contributed by atoms with E-state index in [4.69, 9.17) is 4.74 Å². The van der Waals surface area contributed by atoms with Gasteiger partial charge in [-0.2, -0.15) is 9.40 Å². The minimum absolute atomic E-state index is 0.0139. The minimum atomic E-state index is -3.88. The Hall–Kier alpha value is -3.11. The van der Waals surface area contributed by atoms with Gasteiger partial charge in [0.1, 0.15) is 23.3 Å². The summed E-state index contributed by atoms with van der Waals surface area (Å²) in [5.41, 5.74) is 2.83. The van der Waals surface area contributed by atoms with Gasteiger partial charge in [0.15, 0.2) is 0 Å². The second kappa shape index (κ2) is 8.53. The van der Waals surface area contributed by atoms with Gasteiger partial charge in [-0.05, 0) is 63.4 Å².